The predicted molar refractivity (Wildman–Crippen MR) is 48.7 cm³/mol. The van der Waals surface area contributed by atoms with Crippen molar-refractivity contribution in [3.63, 3.8) is 0 Å². The summed E-state index contributed by atoms with van der Waals surface area (Å²) in [4.78, 5) is 2.35. The van der Waals surface area contributed by atoms with Crippen LogP contribution in [0.2, 0.25) is 0 Å². The second-order valence-electron chi connectivity index (χ2n) is 3.69. The molecule has 1 rings (SSSR count). The molecule has 0 aromatic carbocycles. The van der Waals surface area contributed by atoms with Gasteiger partial charge in [0.15, 0.2) is 0 Å². The number of nitrogens with one attached hydrogen (secondary N) is 1. The Balaban J connectivity index is 2.44. The fraction of sp³-hybridized carbons (Fsp3) is 1.00. The lowest BCUT2D eigenvalue weighted by Crippen LogP contribution is -2.48. The summed E-state index contributed by atoms with van der Waals surface area (Å²) < 4.78 is 0. The summed E-state index contributed by atoms with van der Waals surface area (Å²) in [5.41, 5.74) is 0. The molecule has 2 nitrogen and oxygen atoms in total. The van der Waals surface area contributed by atoms with Crippen LogP contribution < -0.4 is 5.32 Å². The highest BCUT2D eigenvalue weighted by Crippen LogP contribution is 2.18. The molecule has 0 spiro atoms. The van der Waals surface area contributed by atoms with Crippen molar-refractivity contribution in [2.24, 2.45) is 5.92 Å². The van der Waals surface area contributed by atoms with E-state index >= 15 is 0 Å². The molecule has 1 aliphatic rings. The van der Waals surface area contributed by atoms with Crippen molar-refractivity contribution in [1.29, 1.82) is 0 Å². The van der Waals surface area contributed by atoms with Crippen molar-refractivity contribution in [2.75, 3.05) is 27.2 Å². The molecule has 0 bridgehead atoms. The van der Waals surface area contributed by atoms with Crippen molar-refractivity contribution in [3.05, 3.63) is 0 Å². The molecule has 0 aromatic rings. The Morgan fingerprint density at radius 3 is 2.64 bits per heavy atom. The lowest BCUT2D eigenvalue weighted by atomic mass is 9.90. The van der Waals surface area contributed by atoms with E-state index in [2.05, 4.69) is 31.2 Å². The van der Waals surface area contributed by atoms with Gasteiger partial charge in [-0.2, -0.15) is 0 Å². The maximum Gasteiger partial charge on any atom is 0.0243 e. The fourth-order valence-electron chi connectivity index (χ4n) is 1.98. The van der Waals surface area contributed by atoms with Gasteiger partial charge in [0.05, 0.1) is 0 Å². The first-order valence-electron chi connectivity index (χ1n) is 4.62. The minimum Gasteiger partial charge on any atom is -0.315 e. The third kappa shape index (κ3) is 2.17. The van der Waals surface area contributed by atoms with Gasteiger partial charge < -0.3 is 10.2 Å². The van der Waals surface area contributed by atoms with Crippen molar-refractivity contribution in [1.82, 2.24) is 10.2 Å². The molecule has 1 heterocycles. The first kappa shape index (κ1) is 9.01. The van der Waals surface area contributed by atoms with Crippen LogP contribution in [0.25, 0.3) is 0 Å². The molecule has 0 aromatic heterocycles. The number of nitrogens with zero attached hydrogens (tertiary/aromatic N) is 1. The zero-order valence-corrected chi connectivity index (χ0v) is 7.93. The summed E-state index contributed by atoms with van der Waals surface area (Å²) in [6, 6.07) is 0.758. The molecule has 1 fully saturated rings. The van der Waals surface area contributed by atoms with Crippen LogP contribution in [-0.4, -0.2) is 38.1 Å². The number of likely N-dealkylation sites (N-methyl/N-ethyl adjacent to an activating group) is 1. The van der Waals surface area contributed by atoms with Gasteiger partial charge in [-0.1, -0.05) is 13.3 Å². The molecule has 1 N–H and O–H groups in total. The van der Waals surface area contributed by atoms with Gasteiger partial charge in [0.1, 0.15) is 0 Å². The Hall–Kier alpha value is -0.0800. The van der Waals surface area contributed by atoms with Crippen molar-refractivity contribution in [2.45, 2.75) is 25.8 Å². The van der Waals surface area contributed by atoms with E-state index in [1.54, 1.807) is 0 Å². The van der Waals surface area contributed by atoms with Crippen LogP contribution in [0.3, 0.4) is 0 Å². The highest BCUT2D eigenvalue weighted by atomic mass is 15.1. The highest BCUT2D eigenvalue weighted by molar-refractivity contribution is 4.82. The minimum absolute atomic E-state index is 0.758. The van der Waals surface area contributed by atoms with Crippen LogP contribution in [0.1, 0.15) is 19.8 Å². The van der Waals surface area contributed by atoms with E-state index in [-0.39, 0.29) is 0 Å². The number of rotatable bonds is 2. The Morgan fingerprint density at radius 1 is 1.45 bits per heavy atom. The molecule has 1 aliphatic heterocycles. The SMILES string of the molecule is CCC1CCNCC1N(C)C. The van der Waals surface area contributed by atoms with E-state index in [1.165, 1.54) is 25.9 Å². The lowest BCUT2D eigenvalue weighted by molar-refractivity contribution is 0.165. The number of hydrogen-bond donors (Lipinski definition) is 1. The summed E-state index contributed by atoms with van der Waals surface area (Å²) in [7, 11) is 4.36. The molecular weight excluding hydrogens is 136 g/mol. The van der Waals surface area contributed by atoms with Gasteiger partial charge in [-0.3, -0.25) is 0 Å². The molecule has 1 saturated heterocycles. The van der Waals surface area contributed by atoms with Crippen molar-refractivity contribution >= 4 is 0 Å². The molecule has 0 saturated carbocycles. The average Bonchev–Trinajstić information content (AvgIpc) is 2.04. The Bertz CT molecular complexity index is 112. The molecule has 0 aliphatic carbocycles. The van der Waals surface area contributed by atoms with Crippen LogP contribution >= 0.6 is 0 Å². The van der Waals surface area contributed by atoms with Gasteiger partial charge >= 0.3 is 0 Å². The summed E-state index contributed by atoms with van der Waals surface area (Å²) in [5.74, 6) is 0.909. The zero-order valence-electron chi connectivity index (χ0n) is 7.93. The van der Waals surface area contributed by atoms with E-state index in [4.69, 9.17) is 0 Å². The van der Waals surface area contributed by atoms with Crippen molar-refractivity contribution < 1.29 is 0 Å². The highest BCUT2D eigenvalue weighted by Gasteiger charge is 2.24. The Morgan fingerprint density at radius 2 is 2.18 bits per heavy atom. The lowest BCUT2D eigenvalue weighted by Gasteiger charge is -2.36. The zero-order chi connectivity index (χ0) is 8.27. The van der Waals surface area contributed by atoms with E-state index in [1.807, 2.05) is 0 Å². The molecule has 2 unspecified atom stereocenters. The first-order valence-corrected chi connectivity index (χ1v) is 4.62. The van der Waals surface area contributed by atoms with Crippen LogP contribution in [-0.2, 0) is 0 Å². The summed E-state index contributed by atoms with van der Waals surface area (Å²) in [6.07, 6.45) is 2.67. The Kier molecular flexibility index (Phi) is 3.34. The smallest absolute Gasteiger partial charge is 0.0243 e. The largest absolute Gasteiger partial charge is 0.315 e. The van der Waals surface area contributed by atoms with Gasteiger partial charge in [-0.15, -0.1) is 0 Å². The standard InChI is InChI=1S/C9H20N2/c1-4-8-5-6-10-7-9(8)11(2)3/h8-10H,4-7H2,1-3H3. The third-order valence-corrected chi connectivity index (χ3v) is 2.78. The summed E-state index contributed by atoms with van der Waals surface area (Å²) >= 11 is 0. The van der Waals surface area contributed by atoms with E-state index < -0.39 is 0 Å². The first-order chi connectivity index (χ1) is 5.25. The maximum absolute atomic E-state index is 3.44. The van der Waals surface area contributed by atoms with Crippen molar-refractivity contribution in [3.8, 4) is 0 Å². The van der Waals surface area contributed by atoms with Crippen LogP contribution in [0, 0.1) is 5.92 Å². The number of hydrogen-bond acceptors (Lipinski definition) is 2. The van der Waals surface area contributed by atoms with E-state index in [0.29, 0.717) is 0 Å². The van der Waals surface area contributed by atoms with E-state index in [9.17, 15) is 0 Å². The van der Waals surface area contributed by atoms with Gasteiger partial charge in [-0.25, -0.2) is 0 Å². The molecular formula is C9H20N2. The molecule has 0 amide bonds. The fourth-order valence-corrected chi connectivity index (χ4v) is 1.98. The summed E-state index contributed by atoms with van der Waals surface area (Å²) in [6.45, 7) is 4.68. The normalized spacial score (nSPS) is 32.7. The van der Waals surface area contributed by atoms with Crippen LogP contribution in [0.4, 0.5) is 0 Å². The summed E-state index contributed by atoms with van der Waals surface area (Å²) in [5, 5.41) is 3.44. The van der Waals surface area contributed by atoms with Gasteiger partial charge in [0, 0.05) is 12.6 Å². The predicted octanol–water partition coefficient (Wildman–Crippen LogP) is 0.936. The van der Waals surface area contributed by atoms with Crippen LogP contribution in [0.5, 0.6) is 0 Å². The van der Waals surface area contributed by atoms with E-state index in [0.717, 1.165) is 12.0 Å². The number of piperidine rings is 1. The van der Waals surface area contributed by atoms with Crippen LogP contribution in [0.15, 0.2) is 0 Å². The molecule has 66 valence electrons. The van der Waals surface area contributed by atoms with Gasteiger partial charge in [0.2, 0.25) is 0 Å². The molecule has 11 heavy (non-hydrogen) atoms. The average molecular weight is 156 g/mol. The molecule has 2 atom stereocenters. The monoisotopic (exact) mass is 156 g/mol. The molecule has 0 radical (unpaired) electrons. The minimum atomic E-state index is 0.758. The van der Waals surface area contributed by atoms with Gasteiger partial charge in [0.25, 0.3) is 0 Å². The molecule has 2 heteroatoms. The quantitative estimate of drug-likeness (QED) is 0.640. The van der Waals surface area contributed by atoms with Gasteiger partial charge in [-0.05, 0) is 33.0 Å². The third-order valence-electron chi connectivity index (χ3n) is 2.78. The Labute approximate surface area is 70.0 Å². The second-order valence-corrected chi connectivity index (χ2v) is 3.69. The topological polar surface area (TPSA) is 15.3 Å². The second kappa shape index (κ2) is 4.07. The maximum atomic E-state index is 3.44.